The zero-order chi connectivity index (χ0) is 21.2. The lowest BCUT2D eigenvalue weighted by Gasteiger charge is -2.09. The van der Waals surface area contributed by atoms with Gasteiger partial charge in [0, 0.05) is 5.69 Å². The molecular formula is C25H21N5O. The summed E-state index contributed by atoms with van der Waals surface area (Å²) in [7, 11) is 0. The van der Waals surface area contributed by atoms with Crippen LogP contribution in [0.4, 0.5) is 11.5 Å². The van der Waals surface area contributed by atoms with Gasteiger partial charge in [0.1, 0.15) is 23.6 Å². The fourth-order valence-electron chi connectivity index (χ4n) is 3.36. The van der Waals surface area contributed by atoms with Gasteiger partial charge in [-0.2, -0.15) is 5.10 Å². The number of aromatic nitrogens is 4. The number of anilines is 2. The quantitative estimate of drug-likeness (QED) is 0.389. The number of hydrogen-bond donors (Lipinski definition) is 1. The number of ether oxygens (including phenoxy) is 1. The molecule has 0 atom stereocenters. The molecule has 0 saturated heterocycles. The van der Waals surface area contributed by atoms with E-state index < -0.39 is 0 Å². The number of benzene rings is 3. The third-order valence-electron chi connectivity index (χ3n) is 5.20. The van der Waals surface area contributed by atoms with Crippen LogP contribution in [-0.4, -0.2) is 19.7 Å². The average Bonchev–Trinajstić information content (AvgIpc) is 3.23. The summed E-state index contributed by atoms with van der Waals surface area (Å²) in [4.78, 5) is 8.89. The predicted molar refractivity (Wildman–Crippen MR) is 122 cm³/mol. The van der Waals surface area contributed by atoms with Crippen LogP contribution in [0, 0.1) is 13.8 Å². The molecule has 0 unspecified atom stereocenters. The maximum Gasteiger partial charge on any atom is 0.168 e. The lowest BCUT2D eigenvalue weighted by atomic mass is 10.1. The molecule has 6 nitrogen and oxygen atoms in total. The van der Waals surface area contributed by atoms with Crippen molar-refractivity contribution in [3.8, 4) is 17.2 Å². The standard InChI is InChI=1S/C25H21N5O/c1-17-8-11-20(14-18(17)2)30-25-23(15-28-30)24(26-16-27-25)29-19-9-12-22(13-10-19)31-21-6-4-3-5-7-21/h3-16H,1-2H3,(H,26,27,29). The van der Waals surface area contributed by atoms with Gasteiger partial charge in [-0.05, 0) is 73.5 Å². The molecule has 5 aromatic rings. The molecule has 0 radical (unpaired) electrons. The highest BCUT2D eigenvalue weighted by Crippen LogP contribution is 2.27. The summed E-state index contributed by atoms with van der Waals surface area (Å²) in [6, 6.07) is 23.7. The summed E-state index contributed by atoms with van der Waals surface area (Å²) in [5.74, 6) is 2.28. The smallest absolute Gasteiger partial charge is 0.168 e. The SMILES string of the molecule is Cc1ccc(-n2ncc3c(Nc4ccc(Oc5ccccc5)cc4)ncnc32)cc1C. The molecule has 0 aliphatic carbocycles. The molecule has 0 fully saturated rings. The van der Waals surface area contributed by atoms with Crippen LogP contribution in [0.3, 0.4) is 0 Å². The number of aryl methyl sites for hydroxylation is 2. The van der Waals surface area contributed by atoms with E-state index in [2.05, 4.69) is 52.4 Å². The van der Waals surface area contributed by atoms with E-state index in [0.29, 0.717) is 5.82 Å². The summed E-state index contributed by atoms with van der Waals surface area (Å²) in [6.07, 6.45) is 3.34. The Bertz CT molecular complexity index is 1340. The first kappa shape index (κ1) is 18.8. The summed E-state index contributed by atoms with van der Waals surface area (Å²) in [5, 5.41) is 8.77. The lowest BCUT2D eigenvalue weighted by molar-refractivity contribution is 0.483. The fraction of sp³-hybridized carbons (Fsp3) is 0.0800. The molecule has 2 aromatic heterocycles. The van der Waals surface area contributed by atoms with Gasteiger partial charge in [-0.15, -0.1) is 0 Å². The van der Waals surface area contributed by atoms with E-state index in [1.54, 1.807) is 12.5 Å². The topological polar surface area (TPSA) is 64.9 Å². The predicted octanol–water partition coefficient (Wildman–Crippen LogP) is 5.97. The Morgan fingerprint density at radius 1 is 0.806 bits per heavy atom. The van der Waals surface area contributed by atoms with E-state index in [4.69, 9.17) is 4.74 Å². The third kappa shape index (κ3) is 3.83. The molecule has 5 rings (SSSR count). The Kier molecular flexibility index (Phi) is 4.80. The molecule has 3 aromatic carbocycles. The fourth-order valence-corrected chi connectivity index (χ4v) is 3.36. The van der Waals surface area contributed by atoms with Gasteiger partial charge in [0.15, 0.2) is 5.65 Å². The first-order chi connectivity index (χ1) is 15.2. The molecule has 0 aliphatic rings. The second-order valence-corrected chi connectivity index (χ2v) is 7.35. The monoisotopic (exact) mass is 407 g/mol. The molecule has 1 N–H and O–H groups in total. The summed E-state index contributed by atoms with van der Waals surface area (Å²) in [6.45, 7) is 4.19. The molecule has 31 heavy (non-hydrogen) atoms. The molecule has 0 amide bonds. The molecule has 0 saturated carbocycles. The minimum atomic E-state index is 0.705. The molecule has 0 bridgehead atoms. The normalized spacial score (nSPS) is 10.9. The summed E-state index contributed by atoms with van der Waals surface area (Å²) < 4.78 is 7.70. The maximum atomic E-state index is 5.86. The second-order valence-electron chi connectivity index (χ2n) is 7.35. The van der Waals surface area contributed by atoms with Crippen LogP contribution in [0.2, 0.25) is 0 Å². The van der Waals surface area contributed by atoms with Gasteiger partial charge < -0.3 is 10.1 Å². The van der Waals surface area contributed by atoms with Crippen molar-refractivity contribution < 1.29 is 4.74 Å². The number of fused-ring (bicyclic) bond motifs is 1. The van der Waals surface area contributed by atoms with E-state index in [1.165, 1.54) is 11.1 Å². The highest BCUT2D eigenvalue weighted by Gasteiger charge is 2.12. The van der Waals surface area contributed by atoms with E-state index in [9.17, 15) is 0 Å². The van der Waals surface area contributed by atoms with E-state index >= 15 is 0 Å². The minimum absolute atomic E-state index is 0.705. The van der Waals surface area contributed by atoms with Crippen molar-refractivity contribution in [1.82, 2.24) is 19.7 Å². The number of rotatable bonds is 5. The van der Waals surface area contributed by atoms with Crippen LogP contribution in [0.5, 0.6) is 11.5 Å². The van der Waals surface area contributed by atoms with E-state index in [1.807, 2.05) is 59.3 Å². The minimum Gasteiger partial charge on any atom is -0.457 e. The zero-order valence-electron chi connectivity index (χ0n) is 17.3. The van der Waals surface area contributed by atoms with E-state index in [-0.39, 0.29) is 0 Å². The molecule has 6 heteroatoms. The van der Waals surface area contributed by atoms with Crippen LogP contribution in [0.25, 0.3) is 16.7 Å². The Labute approximate surface area is 180 Å². The maximum absolute atomic E-state index is 5.86. The average molecular weight is 407 g/mol. The highest BCUT2D eigenvalue weighted by atomic mass is 16.5. The van der Waals surface area contributed by atoms with Crippen molar-refractivity contribution in [3.63, 3.8) is 0 Å². The molecule has 152 valence electrons. The van der Waals surface area contributed by atoms with Crippen LogP contribution in [0.1, 0.15) is 11.1 Å². The Hall–Kier alpha value is -4.19. The van der Waals surface area contributed by atoms with Gasteiger partial charge in [-0.3, -0.25) is 0 Å². The molecule has 2 heterocycles. The van der Waals surface area contributed by atoms with Crippen molar-refractivity contribution >= 4 is 22.5 Å². The first-order valence-electron chi connectivity index (χ1n) is 10.0. The third-order valence-corrected chi connectivity index (χ3v) is 5.20. The van der Waals surface area contributed by atoms with Crippen molar-refractivity contribution in [3.05, 3.63) is 96.4 Å². The van der Waals surface area contributed by atoms with Gasteiger partial charge in [-0.1, -0.05) is 24.3 Å². The Balaban J connectivity index is 1.41. The van der Waals surface area contributed by atoms with Crippen molar-refractivity contribution in [2.24, 2.45) is 0 Å². The number of nitrogens with zero attached hydrogens (tertiary/aromatic N) is 4. The van der Waals surface area contributed by atoms with Crippen molar-refractivity contribution in [2.75, 3.05) is 5.32 Å². The van der Waals surface area contributed by atoms with Crippen LogP contribution < -0.4 is 10.1 Å². The zero-order valence-corrected chi connectivity index (χ0v) is 17.3. The van der Waals surface area contributed by atoms with Gasteiger partial charge in [0.25, 0.3) is 0 Å². The van der Waals surface area contributed by atoms with Crippen molar-refractivity contribution in [2.45, 2.75) is 13.8 Å². The number of hydrogen-bond acceptors (Lipinski definition) is 5. The summed E-state index contributed by atoms with van der Waals surface area (Å²) >= 11 is 0. The Morgan fingerprint density at radius 3 is 2.35 bits per heavy atom. The van der Waals surface area contributed by atoms with Crippen LogP contribution in [0.15, 0.2) is 85.3 Å². The van der Waals surface area contributed by atoms with Crippen LogP contribution >= 0.6 is 0 Å². The molecular weight excluding hydrogens is 386 g/mol. The summed E-state index contributed by atoms with van der Waals surface area (Å²) in [5.41, 5.74) is 5.09. The second kappa shape index (κ2) is 7.91. The molecule has 0 spiro atoms. The lowest BCUT2D eigenvalue weighted by Crippen LogP contribution is -2.00. The van der Waals surface area contributed by atoms with E-state index in [0.717, 1.165) is 33.9 Å². The largest absolute Gasteiger partial charge is 0.457 e. The first-order valence-corrected chi connectivity index (χ1v) is 10.0. The van der Waals surface area contributed by atoms with Gasteiger partial charge in [0.2, 0.25) is 0 Å². The van der Waals surface area contributed by atoms with Gasteiger partial charge in [0.05, 0.1) is 17.3 Å². The van der Waals surface area contributed by atoms with Gasteiger partial charge >= 0.3 is 0 Å². The van der Waals surface area contributed by atoms with Crippen LogP contribution in [-0.2, 0) is 0 Å². The van der Waals surface area contributed by atoms with Gasteiger partial charge in [-0.25, -0.2) is 14.6 Å². The number of nitrogens with one attached hydrogen (secondary N) is 1. The Morgan fingerprint density at radius 2 is 1.58 bits per heavy atom. The molecule has 0 aliphatic heterocycles. The highest BCUT2D eigenvalue weighted by molar-refractivity contribution is 5.89. The van der Waals surface area contributed by atoms with Crippen molar-refractivity contribution in [1.29, 1.82) is 0 Å². The number of para-hydroxylation sites is 1.